The minimum Gasteiger partial charge on any atom is -0.353 e. The number of nitrogens with zero attached hydrogens (tertiary/aromatic N) is 4. The molecular weight excluding hydrogens is 196 g/mol. The first-order chi connectivity index (χ1) is 7.21. The largest absolute Gasteiger partial charge is 0.353 e. The normalized spacial score (nSPS) is 11.3. The molecule has 0 aliphatic rings. The van der Waals surface area contributed by atoms with Gasteiger partial charge < -0.3 is 10.2 Å². The third-order valence-corrected chi connectivity index (χ3v) is 1.76. The predicted octanol–water partition coefficient (Wildman–Crippen LogP) is -0.548. The molecule has 15 heavy (non-hydrogen) atoms. The Bertz CT molecular complexity index is 391. The number of aliphatic hydroxyl groups is 2. The lowest BCUT2D eigenvalue weighted by molar-refractivity contribution is -0.145. The molecule has 0 aliphatic heterocycles. The van der Waals surface area contributed by atoms with Crippen molar-refractivity contribution in [3.8, 4) is 0 Å². The zero-order valence-corrected chi connectivity index (χ0v) is 7.65. The van der Waals surface area contributed by atoms with Crippen molar-refractivity contribution in [1.29, 1.82) is 0 Å². The Kier molecular flexibility index (Phi) is 2.36. The second-order valence-corrected chi connectivity index (χ2v) is 2.82. The molecule has 0 aliphatic carbocycles. The van der Waals surface area contributed by atoms with Crippen molar-refractivity contribution in [2.45, 2.75) is 5.79 Å². The van der Waals surface area contributed by atoms with Gasteiger partial charge in [0.25, 0.3) is 5.79 Å². The van der Waals surface area contributed by atoms with E-state index in [0.717, 1.165) is 0 Å². The maximum atomic E-state index is 9.76. The van der Waals surface area contributed by atoms with E-state index in [-0.39, 0.29) is 11.6 Å². The average Bonchev–Trinajstić information content (AvgIpc) is 2.31. The van der Waals surface area contributed by atoms with Crippen LogP contribution in [0.4, 0.5) is 0 Å². The topological polar surface area (TPSA) is 92.0 Å². The van der Waals surface area contributed by atoms with E-state index in [1.807, 2.05) is 0 Å². The molecule has 0 radical (unpaired) electrons. The molecule has 6 nitrogen and oxygen atoms in total. The number of hydrogen-bond donors (Lipinski definition) is 2. The van der Waals surface area contributed by atoms with Crippen LogP contribution >= 0.6 is 0 Å². The molecule has 2 rings (SSSR count). The summed E-state index contributed by atoms with van der Waals surface area (Å²) in [5, 5.41) is 19.5. The summed E-state index contributed by atoms with van der Waals surface area (Å²) in [6.07, 6.45) is 5.64. The van der Waals surface area contributed by atoms with Crippen molar-refractivity contribution in [2.24, 2.45) is 0 Å². The minimum absolute atomic E-state index is 0.156. The first kappa shape index (κ1) is 9.63. The van der Waals surface area contributed by atoms with E-state index in [9.17, 15) is 10.2 Å². The summed E-state index contributed by atoms with van der Waals surface area (Å²) in [5.74, 6) is -2.67. The Hall–Kier alpha value is -1.92. The molecule has 2 heterocycles. The minimum atomic E-state index is -2.36. The van der Waals surface area contributed by atoms with Crippen LogP contribution in [-0.2, 0) is 5.79 Å². The van der Waals surface area contributed by atoms with Gasteiger partial charge in [0.05, 0.1) is 0 Å². The summed E-state index contributed by atoms with van der Waals surface area (Å²) in [4.78, 5) is 14.9. The van der Waals surface area contributed by atoms with E-state index in [1.54, 1.807) is 12.1 Å². The second-order valence-electron chi connectivity index (χ2n) is 2.82. The third-order valence-electron chi connectivity index (χ3n) is 1.76. The monoisotopic (exact) mass is 204 g/mol. The van der Waals surface area contributed by atoms with Gasteiger partial charge >= 0.3 is 0 Å². The molecular formula is C9H8N4O2. The highest BCUT2D eigenvalue weighted by Crippen LogP contribution is 2.18. The second kappa shape index (κ2) is 3.68. The van der Waals surface area contributed by atoms with Crippen molar-refractivity contribution in [2.75, 3.05) is 0 Å². The van der Waals surface area contributed by atoms with Gasteiger partial charge in [-0.3, -0.25) is 0 Å². The van der Waals surface area contributed by atoms with Crippen molar-refractivity contribution in [1.82, 2.24) is 19.9 Å². The maximum Gasteiger partial charge on any atom is 0.288 e. The molecule has 0 saturated heterocycles. The predicted molar refractivity (Wildman–Crippen MR) is 49.3 cm³/mol. The first-order valence-corrected chi connectivity index (χ1v) is 4.21. The highest BCUT2D eigenvalue weighted by atomic mass is 16.5. The van der Waals surface area contributed by atoms with E-state index >= 15 is 0 Å². The van der Waals surface area contributed by atoms with Crippen LogP contribution in [0, 0.1) is 0 Å². The first-order valence-electron chi connectivity index (χ1n) is 4.21. The molecule has 0 unspecified atom stereocenters. The highest BCUT2D eigenvalue weighted by molar-refractivity contribution is 5.10. The van der Waals surface area contributed by atoms with Gasteiger partial charge in [-0.1, -0.05) is 0 Å². The molecule has 2 N–H and O–H groups in total. The van der Waals surface area contributed by atoms with Crippen LogP contribution in [0.3, 0.4) is 0 Å². The van der Waals surface area contributed by atoms with Gasteiger partial charge in [0.2, 0.25) is 0 Å². The highest BCUT2D eigenvalue weighted by Gasteiger charge is 2.34. The van der Waals surface area contributed by atoms with E-state index in [0.29, 0.717) is 0 Å². The van der Waals surface area contributed by atoms with Crippen LogP contribution < -0.4 is 0 Å². The molecule has 0 spiro atoms. The Labute approximate surface area is 85.3 Å². The molecule has 2 aromatic rings. The summed E-state index contributed by atoms with van der Waals surface area (Å²) in [5.41, 5.74) is 0. The summed E-state index contributed by atoms with van der Waals surface area (Å²) in [6, 6.07) is 3.15. The standard InChI is InChI=1S/C9H8N4O2/c14-9(15,7-10-3-1-4-11-7)8-12-5-2-6-13-8/h1-6,14-15H. The van der Waals surface area contributed by atoms with Crippen LogP contribution in [0.2, 0.25) is 0 Å². The lowest BCUT2D eigenvalue weighted by atomic mass is 10.2. The Balaban J connectivity index is 2.44. The zero-order chi connectivity index (χ0) is 10.7. The fourth-order valence-electron chi connectivity index (χ4n) is 1.06. The molecule has 0 fully saturated rings. The molecule has 76 valence electrons. The number of aromatic nitrogens is 4. The van der Waals surface area contributed by atoms with E-state index in [1.165, 1.54) is 24.8 Å². The van der Waals surface area contributed by atoms with Crippen molar-refractivity contribution < 1.29 is 10.2 Å². The summed E-state index contributed by atoms with van der Waals surface area (Å²) >= 11 is 0. The third kappa shape index (κ3) is 1.80. The van der Waals surface area contributed by atoms with Crippen LogP contribution in [-0.4, -0.2) is 30.1 Å². The molecule has 0 aromatic carbocycles. The maximum absolute atomic E-state index is 9.76. The Morgan fingerprint density at radius 2 is 1.07 bits per heavy atom. The summed E-state index contributed by atoms with van der Waals surface area (Å²) in [7, 11) is 0. The quantitative estimate of drug-likeness (QED) is 0.638. The van der Waals surface area contributed by atoms with Crippen molar-refractivity contribution in [3.05, 3.63) is 48.6 Å². The van der Waals surface area contributed by atoms with Crippen molar-refractivity contribution >= 4 is 0 Å². The van der Waals surface area contributed by atoms with Gasteiger partial charge in [-0.25, -0.2) is 19.9 Å². The lowest BCUT2D eigenvalue weighted by Gasteiger charge is -2.17. The Morgan fingerprint density at radius 1 is 0.733 bits per heavy atom. The molecule has 0 saturated carbocycles. The van der Waals surface area contributed by atoms with E-state index < -0.39 is 5.79 Å². The van der Waals surface area contributed by atoms with Crippen LogP contribution in [0.1, 0.15) is 11.6 Å². The zero-order valence-electron chi connectivity index (χ0n) is 7.65. The van der Waals surface area contributed by atoms with Gasteiger partial charge in [-0.15, -0.1) is 0 Å². The van der Waals surface area contributed by atoms with E-state index in [4.69, 9.17) is 0 Å². The Morgan fingerprint density at radius 3 is 1.40 bits per heavy atom. The van der Waals surface area contributed by atoms with Crippen LogP contribution in [0.15, 0.2) is 36.9 Å². The molecule has 0 atom stereocenters. The molecule has 2 aromatic heterocycles. The van der Waals surface area contributed by atoms with Crippen molar-refractivity contribution in [3.63, 3.8) is 0 Å². The van der Waals surface area contributed by atoms with Gasteiger partial charge in [0, 0.05) is 24.8 Å². The van der Waals surface area contributed by atoms with Gasteiger partial charge in [0.15, 0.2) is 11.6 Å². The fourth-order valence-corrected chi connectivity index (χ4v) is 1.06. The lowest BCUT2D eigenvalue weighted by Crippen LogP contribution is -2.31. The summed E-state index contributed by atoms with van der Waals surface area (Å²) < 4.78 is 0. The van der Waals surface area contributed by atoms with Gasteiger partial charge in [0.1, 0.15) is 0 Å². The van der Waals surface area contributed by atoms with Crippen LogP contribution in [0.5, 0.6) is 0 Å². The SMILES string of the molecule is OC(O)(c1ncccn1)c1ncccn1. The van der Waals surface area contributed by atoms with Crippen LogP contribution in [0.25, 0.3) is 0 Å². The van der Waals surface area contributed by atoms with Gasteiger partial charge in [-0.05, 0) is 12.1 Å². The number of rotatable bonds is 2. The molecule has 6 heteroatoms. The smallest absolute Gasteiger partial charge is 0.288 e. The van der Waals surface area contributed by atoms with E-state index in [2.05, 4.69) is 19.9 Å². The molecule has 0 amide bonds. The molecule has 0 bridgehead atoms. The fraction of sp³-hybridized carbons (Fsp3) is 0.111. The van der Waals surface area contributed by atoms with Gasteiger partial charge in [-0.2, -0.15) is 0 Å². The summed E-state index contributed by atoms with van der Waals surface area (Å²) in [6.45, 7) is 0. The number of hydrogen-bond acceptors (Lipinski definition) is 6. The average molecular weight is 204 g/mol.